The third-order valence-corrected chi connectivity index (χ3v) is 7.10. The van der Waals surface area contributed by atoms with Crippen molar-refractivity contribution >= 4 is 21.0 Å². The minimum absolute atomic E-state index is 0.307. The van der Waals surface area contributed by atoms with E-state index in [1.54, 1.807) is 30.3 Å². The first-order valence-corrected chi connectivity index (χ1v) is 11.7. The van der Waals surface area contributed by atoms with Gasteiger partial charge in [0.1, 0.15) is 5.82 Å². The SMILES string of the molecule is Cc1ccc(S(=O)(=O)NCC2CCN(CCCc3noc4cc(F)ccc34)C2)cc1. The van der Waals surface area contributed by atoms with Crippen molar-refractivity contribution in [3.63, 3.8) is 0 Å². The van der Waals surface area contributed by atoms with Crippen LogP contribution >= 0.6 is 0 Å². The highest BCUT2D eigenvalue weighted by atomic mass is 32.2. The van der Waals surface area contributed by atoms with Gasteiger partial charge in [-0.15, -0.1) is 0 Å². The molecule has 1 N–H and O–H groups in total. The third-order valence-electron chi connectivity index (χ3n) is 5.66. The van der Waals surface area contributed by atoms with Gasteiger partial charge in [0.2, 0.25) is 10.0 Å². The van der Waals surface area contributed by atoms with E-state index in [4.69, 9.17) is 4.52 Å². The fourth-order valence-electron chi connectivity index (χ4n) is 3.92. The van der Waals surface area contributed by atoms with Crippen LogP contribution in [0.4, 0.5) is 4.39 Å². The molecule has 1 aliphatic rings. The van der Waals surface area contributed by atoms with Crippen LogP contribution in [0.25, 0.3) is 11.0 Å². The molecular formula is C22H26FN3O3S. The average Bonchev–Trinajstić information content (AvgIpc) is 3.34. The Kier molecular flexibility index (Phi) is 6.17. The molecule has 0 saturated carbocycles. The summed E-state index contributed by atoms with van der Waals surface area (Å²) in [5.41, 5.74) is 2.37. The fourth-order valence-corrected chi connectivity index (χ4v) is 5.04. The lowest BCUT2D eigenvalue weighted by Crippen LogP contribution is -2.31. The molecule has 0 spiro atoms. The number of sulfonamides is 1. The predicted octanol–water partition coefficient (Wildman–Crippen LogP) is 3.51. The summed E-state index contributed by atoms with van der Waals surface area (Å²) < 4.78 is 46.1. The number of aromatic nitrogens is 1. The van der Waals surface area contributed by atoms with Gasteiger partial charge in [-0.2, -0.15) is 0 Å². The maximum Gasteiger partial charge on any atom is 0.240 e. The number of hydrogen-bond acceptors (Lipinski definition) is 5. The smallest absolute Gasteiger partial charge is 0.240 e. The summed E-state index contributed by atoms with van der Waals surface area (Å²) in [5, 5.41) is 4.93. The van der Waals surface area contributed by atoms with Crippen molar-refractivity contribution in [1.82, 2.24) is 14.8 Å². The molecule has 4 rings (SSSR count). The number of benzene rings is 2. The number of nitrogens with zero attached hydrogens (tertiary/aromatic N) is 2. The maximum atomic E-state index is 13.3. The topological polar surface area (TPSA) is 75.4 Å². The molecular weight excluding hydrogens is 405 g/mol. The summed E-state index contributed by atoms with van der Waals surface area (Å²) in [6.45, 7) is 5.13. The van der Waals surface area contributed by atoms with E-state index in [0.29, 0.717) is 22.9 Å². The molecule has 0 bridgehead atoms. The van der Waals surface area contributed by atoms with Gasteiger partial charge in [-0.25, -0.2) is 17.5 Å². The molecule has 0 radical (unpaired) electrons. The normalized spacial score (nSPS) is 17.7. The van der Waals surface area contributed by atoms with Crippen LogP contribution in [0.5, 0.6) is 0 Å². The van der Waals surface area contributed by atoms with Crippen molar-refractivity contribution in [3.05, 3.63) is 59.5 Å². The molecule has 1 unspecified atom stereocenters. The third kappa shape index (κ3) is 4.88. The quantitative estimate of drug-likeness (QED) is 0.591. The molecule has 3 aromatic rings. The Hall–Kier alpha value is -2.29. The number of fused-ring (bicyclic) bond motifs is 1. The molecule has 1 saturated heterocycles. The average molecular weight is 432 g/mol. The number of likely N-dealkylation sites (tertiary alicyclic amines) is 1. The first-order valence-electron chi connectivity index (χ1n) is 10.2. The Balaban J connectivity index is 1.23. The van der Waals surface area contributed by atoms with E-state index < -0.39 is 10.0 Å². The fraction of sp³-hybridized carbons (Fsp3) is 0.409. The summed E-state index contributed by atoms with van der Waals surface area (Å²) >= 11 is 0. The highest BCUT2D eigenvalue weighted by Crippen LogP contribution is 2.22. The molecule has 1 atom stereocenters. The molecule has 160 valence electrons. The second-order valence-corrected chi connectivity index (χ2v) is 9.76. The summed E-state index contributed by atoms with van der Waals surface area (Å²) in [7, 11) is -3.47. The van der Waals surface area contributed by atoms with Crippen LogP contribution in [-0.2, 0) is 16.4 Å². The lowest BCUT2D eigenvalue weighted by Gasteiger charge is -2.16. The molecule has 1 aliphatic heterocycles. The Labute approximate surface area is 176 Å². The van der Waals surface area contributed by atoms with E-state index in [2.05, 4.69) is 14.8 Å². The van der Waals surface area contributed by atoms with Crippen molar-refractivity contribution in [2.24, 2.45) is 5.92 Å². The molecule has 8 heteroatoms. The largest absolute Gasteiger partial charge is 0.356 e. The summed E-state index contributed by atoms with van der Waals surface area (Å²) in [6, 6.07) is 11.4. The number of hydrogen-bond donors (Lipinski definition) is 1. The molecule has 30 heavy (non-hydrogen) atoms. The molecule has 1 fully saturated rings. The number of halogens is 1. The predicted molar refractivity (Wildman–Crippen MR) is 113 cm³/mol. The minimum Gasteiger partial charge on any atom is -0.356 e. The Morgan fingerprint density at radius 2 is 2.03 bits per heavy atom. The second kappa shape index (κ2) is 8.83. The van der Waals surface area contributed by atoms with Gasteiger partial charge in [-0.05, 0) is 69.5 Å². The van der Waals surface area contributed by atoms with Crippen molar-refractivity contribution in [2.75, 3.05) is 26.2 Å². The van der Waals surface area contributed by atoms with Gasteiger partial charge >= 0.3 is 0 Å². The monoisotopic (exact) mass is 431 g/mol. The molecule has 0 amide bonds. The van der Waals surface area contributed by atoms with E-state index in [0.717, 1.165) is 55.5 Å². The summed E-state index contributed by atoms with van der Waals surface area (Å²) in [4.78, 5) is 2.66. The van der Waals surface area contributed by atoms with E-state index in [-0.39, 0.29) is 5.82 Å². The van der Waals surface area contributed by atoms with Crippen LogP contribution in [0.3, 0.4) is 0 Å². The van der Waals surface area contributed by atoms with Crippen molar-refractivity contribution in [3.8, 4) is 0 Å². The summed E-state index contributed by atoms with van der Waals surface area (Å²) in [6.07, 6.45) is 2.66. The van der Waals surface area contributed by atoms with Gasteiger partial charge in [0, 0.05) is 24.5 Å². The standard InChI is InChI=1S/C22H26FN3O3S/c1-16-4-7-19(8-5-16)30(27,28)24-14-17-10-12-26(15-17)11-2-3-21-20-9-6-18(23)13-22(20)29-25-21/h4-9,13,17,24H,2-3,10-12,14-15H2,1H3. The molecule has 0 aliphatic carbocycles. The lowest BCUT2D eigenvalue weighted by molar-refractivity contribution is 0.318. The maximum absolute atomic E-state index is 13.3. The van der Waals surface area contributed by atoms with Crippen LogP contribution in [-0.4, -0.2) is 44.7 Å². The Morgan fingerprint density at radius 3 is 2.83 bits per heavy atom. The second-order valence-electron chi connectivity index (χ2n) is 7.99. The Bertz CT molecular complexity index is 1110. The van der Waals surface area contributed by atoms with E-state index >= 15 is 0 Å². The molecule has 6 nitrogen and oxygen atoms in total. The first-order chi connectivity index (χ1) is 14.4. The Morgan fingerprint density at radius 1 is 1.23 bits per heavy atom. The van der Waals surface area contributed by atoms with Gasteiger partial charge in [0.25, 0.3) is 0 Å². The first kappa shape index (κ1) is 21.0. The van der Waals surface area contributed by atoms with Crippen LogP contribution in [0, 0.1) is 18.7 Å². The number of nitrogens with one attached hydrogen (secondary N) is 1. The zero-order valence-electron chi connectivity index (χ0n) is 17.0. The van der Waals surface area contributed by atoms with Crippen molar-refractivity contribution < 1.29 is 17.3 Å². The van der Waals surface area contributed by atoms with Gasteiger partial charge in [-0.3, -0.25) is 0 Å². The number of rotatable bonds is 8. The zero-order valence-corrected chi connectivity index (χ0v) is 17.8. The van der Waals surface area contributed by atoms with Crippen molar-refractivity contribution in [2.45, 2.75) is 31.1 Å². The van der Waals surface area contributed by atoms with Crippen LogP contribution in [0.15, 0.2) is 51.9 Å². The molecule has 2 heterocycles. The van der Waals surface area contributed by atoms with Crippen LogP contribution < -0.4 is 4.72 Å². The molecule has 1 aromatic heterocycles. The minimum atomic E-state index is -3.47. The van der Waals surface area contributed by atoms with E-state index in [9.17, 15) is 12.8 Å². The van der Waals surface area contributed by atoms with Crippen LogP contribution in [0.1, 0.15) is 24.1 Å². The highest BCUT2D eigenvalue weighted by Gasteiger charge is 2.24. The van der Waals surface area contributed by atoms with Gasteiger partial charge in [0.05, 0.1) is 10.6 Å². The van der Waals surface area contributed by atoms with Gasteiger partial charge in [-0.1, -0.05) is 22.9 Å². The highest BCUT2D eigenvalue weighted by molar-refractivity contribution is 7.89. The van der Waals surface area contributed by atoms with Crippen molar-refractivity contribution in [1.29, 1.82) is 0 Å². The lowest BCUT2D eigenvalue weighted by atomic mass is 10.1. The van der Waals surface area contributed by atoms with Gasteiger partial charge in [0.15, 0.2) is 5.58 Å². The van der Waals surface area contributed by atoms with Crippen LogP contribution in [0.2, 0.25) is 0 Å². The molecule has 2 aromatic carbocycles. The van der Waals surface area contributed by atoms with E-state index in [1.807, 2.05) is 6.92 Å². The number of aryl methyl sites for hydroxylation is 2. The summed E-state index contributed by atoms with van der Waals surface area (Å²) in [5.74, 6) is -0.0209. The van der Waals surface area contributed by atoms with E-state index in [1.165, 1.54) is 12.1 Å². The zero-order chi connectivity index (χ0) is 21.1. The van der Waals surface area contributed by atoms with Gasteiger partial charge < -0.3 is 9.42 Å².